The number of allylic oxidation sites excluding steroid dienone is 2. The van der Waals surface area contributed by atoms with E-state index in [0.717, 1.165) is 12.8 Å². The summed E-state index contributed by atoms with van der Waals surface area (Å²) >= 11 is 0. The van der Waals surface area contributed by atoms with Crippen molar-refractivity contribution in [3.63, 3.8) is 0 Å². The number of rotatable bonds is 7. The first kappa shape index (κ1) is 18.2. The van der Waals surface area contributed by atoms with E-state index in [2.05, 4.69) is 93.2 Å². The molecule has 116 valence electrons. The molecule has 0 nitrogen and oxygen atoms in total. The molecule has 0 amide bonds. The van der Waals surface area contributed by atoms with Crippen LogP contribution >= 0.6 is 0 Å². The van der Waals surface area contributed by atoms with Crippen molar-refractivity contribution in [1.82, 2.24) is 0 Å². The quantitative estimate of drug-likeness (QED) is 0.509. The topological polar surface area (TPSA) is 0 Å². The average Bonchev–Trinajstić information content (AvgIpc) is 2.35. The molecular weight excluding hydrogens is 284 g/mol. The molecule has 0 fully saturated rings. The molecule has 0 bridgehead atoms. The molecule has 1 aromatic rings. The van der Waals surface area contributed by atoms with Crippen LogP contribution in [0.4, 0.5) is 0 Å². The maximum absolute atomic E-state index is 2.48. The van der Waals surface area contributed by atoms with Gasteiger partial charge in [-0.2, -0.15) is 0 Å². The molecule has 21 heavy (non-hydrogen) atoms. The van der Waals surface area contributed by atoms with E-state index in [1.54, 1.807) is 0 Å². The van der Waals surface area contributed by atoms with E-state index in [4.69, 9.17) is 0 Å². The summed E-state index contributed by atoms with van der Waals surface area (Å²) < 4.78 is 0. The molecule has 1 aromatic carbocycles. The summed E-state index contributed by atoms with van der Waals surface area (Å²) in [5.41, 5.74) is 6.43. The summed E-state index contributed by atoms with van der Waals surface area (Å²) in [6.07, 6.45) is 7.16. The highest BCUT2D eigenvalue weighted by atomic mass is 28.3. The molecule has 2 heteroatoms. The monoisotopic (exact) mass is 316 g/mol. The summed E-state index contributed by atoms with van der Waals surface area (Å²) in [7, 11) is -2.16. The number of hydrogen-bond acceptors (Lipinski definition) is 0. The van der Waals surface area contributed by atoms with Crippen molar-refractivity contribution in [2.45, 2.75) is 58.0 Å². The minimum atomic E-state index is -1.08. The van der Waals surface area contributed by atoms with Crippen molar-refractivity contribution in [1.29, 1.82) is 0 Å². The summed E-state index contributed by atoms with van der Waals surface area (Å²) in [6.45, 7) is 14.4. The Bertz CT molecular complexity index is 433. The third-order valence-corrected chi connectivity index (χ3v) is 5.82. The van der Waals surface area contributed by atoms with Crippen LogP contribution in [0.25, 0.3) is 0 Å². The van der Waals surface area contributed by atoms with Crippen LogP contribution in [0.5, 0.6) is 0 Å². The third kappa shape index (κ3) is 8.89. The predicted molar refractivity (Wildman–Crippen MR) is 103 cm³/mol. The molecule has 0 saturated heterocycles. The maximum atomic E-state index is 2.48. The smallest absolute Gasteiger partial charge is 0.0682 e. The maximum Gasteiger partial charge on any atom is 0.0682 e. The first-order valence-corrected chi connectivity index (χ1v) is 15.2. The van der Waals surface area contributed by atoms with Crippen molar-refractivity contribution >= 4 is 16.1 Å². The van der Waals surface area contributed by atoms with Crippen LogP contribution in [0, 0.1) is 0 Å². The van der Waals surface area contributed by atoms with Crippen LogP contribution in [0.1, 0.15) is 24.3 Å². The zero-order valence-corrected chi connectivity index (χ0v) is 16.7. The Kier molecular flexibility index (Phi) is 6.88. The molecule has 0 heterocycles. The molecule has 0 aliphatic heterocycles. The summed E-state index contributed by atoms with van der Waals surface area (Å²) in [5, 5.41) is 0. The third-order valence-electron chi connectivity index (χ3n) is 3.35. The van der Waals surface area contributed by atoms with E-state index in [-0.39, 0.29) is 0 Å². The zero-order chi connectivity index (χ0) is 15.9. The fourth-order valence-corrected chi connectivity index (χ4v) is 3.95. The summed E-state index contributed by atoms with van der Waals surface area (Å²) in [4.78, 5) is 0. The van der Waals surface area contributed by atoms with E-state index in [1.165, 1.54) is 5.56 Å². The minimum Gasteiger partial charge on any atom is -0.0989 e. The highest BCUT2D eigenvalue weighted by molar-refractivity contribution is 6.81. The van der Waals surface area contributed by atoms with Crippen LogP contribution in [-0.4, -0.2) is 16.1 Å². The highest BCUT2D eigenvalue weighted by Gasteiger charge is 2.12. The van der Waals surface area contributed by atoms with Gasteiger partial charge in [-0.3, -0.25) is 0 Å². The molecule has 0 atom stereocenters. The lowest BCUT2D eigenvalue weighted by molar-refractivity contribution is 0.712. The Labute approximate surface area is 134 Å². The number of benzene rings is 1. The van der Waals surface area contributed by atoms with Crippen LogP contribution in [0.2, 0.25) is 39.3 Å². The van der Waals surface area contributed by atoms with Gasteiger partial charge in [-0.25, -0.2) is 0 Å². The lowest BCUT2D eigenvalue weighted by Gasteiger charge is -2.16. The van der Waals surface area contributed by atoms with Gasteiger partial charge in [0, 0.05) is 0 Å². The van der Waals surface area contributed by atoms with Gasteiger partial charge in [0.2, 0.25) is 0 Å². The second-order valence-corrected chi connectivity index (χ2v) is 18.2. The van der Waals surface area contributed by atoms with Crippen molar-refractivity contribution in [3.05, 3.63) is 59.4 Å². The Morgan fingerprint density at radius 2 is 1.19 bits per heavy atom. The van der Waals surface area contributed by atoms with Gasteiger partial charge in [0.05, 0.1) is 16.1 Å². The molecule has 0 aliphatic rings. The van der Waals surface area contributed by atoms with Crippen LogP contribution in [-0.2, 0) is 0 Å². The Morgan fingerprint density at radius 1 is 0.762 bits per heavy atom. The van der Waals surface area contributed by atoms with E-state index in [0.29, 0.717) is 5.92 Å². The van der Waals surface area contributed by atoms with Gasteiger partial charge >= 0.3 is 0 Å². The summed E-state index contributed by atoms with van der Waals surface area (Å²) in [5.74, 6) is 0.617. The number of hydrogen-bond donors (Lipinski definition) is 0. The Morgan fingerprint density at radius 3 is 1.57 bits per heavy atom. The predicted octanol–water partition coefficient (Wildman–Crippen LogP) is 6.42. The lowest BCUT2D eigenvalue weighted by Crippen LogP contribution is -2.16. The van der Waals surface area contributed by atoms with Crippen LogP contribution in [0.15, 0.2) is 53.9 Å². The minimum absolute atomic E-state index is 0.617. The fourth-order valence-electron chi connectivity index (χ4n) is 2.27. The fraction of sp³-hybridized carbons (Fsp3) is 0.474. The Hall–Kier alpha value is -0.866. The standard InChI is InChI=1S/C19H32Si2/c1-20(2,3)16-10-14-19(15-11-17-21(4,5)6)18-12-8-7-9-13-18/h7-13,16-17,19H,14-15H2,1-6H3/b16-10+,17-11+. The normalized spacial score (nSPS) is 13.7. The van der Waals surface area contributed by atoms with Crippen molar-refractivity contribution < 1.29 is 0 Å². The van der Waals surface area contributed by atoms with E-state index >= 15 is 0 Å². The molecule has 1 rings (SSSR count). The van der Waals surface area contributed by atoms with E-state index < -0.39 is 16.1 Å². The van der Waals surface area contributed by atoms with Gasteiger partial charge in [0.1, 0.15) is 0 Å². The molecule has 0 unspecified atom stereocenters. The molecule has 0 radical (unpaired) electrons. The van der Waals surface area contributed by atoms with Crippen LogP contribution < -0.4 is 0 Å². The van der Waals surface area contributed by atoms with Crippen molar-refractivity contribution in [2.24, 2.45) is 0 Å². The zero-order valence-electron chi connectivity index (χ0n) is 14.7. The van der Waals surface area contributed by atoms with Crippen molar-refractivity contribution in [2.75, 3.05) is 0 Å². The SMILES string of the molecule is C[Si](C)(C)/C=C/CC(C/C=C/[Si](C)(C)C)c1ccccc1. The first-order chi connectivity index (χ1) is 9.67. The van der Waals surface area contributed by atoms with Crippen molar-refractivity contribution in [3.8, 4) is 0 Å². The average molecular weight is 317 g/mol. The first-order valence-electron chi connectivity index (χ1n) is 8.08. The Balaban J connectivity index is 2.77. The molecular formula is C19H32Si2. The van der Waals surface area contributed by atoms with E-state index in [1.807, 2.05) is 0 Å². The van der Waals surface area contributed by atoms with Gasteiger partial charge in [0.15, 0.2) is 0 Å². The second-order valence-electron chi connectivity index (χ2n) is 8.12. The molecule has 0 saturated carbocycles. The highest BCUT2D eigenvalue weighted by Crippen LogP contribution is 2.25. The molecule has 0 aliphatic carbocycles. The molecule has 0 N–H and O–H groups in total. The molecule has 0 aromatic heterocycles. The van der Waals surface area contributed by atoms with Gasteiger partial charge in [-0.1, -0.05) is 93.2 Å². The van der Waals surface area contributed by atoms with Gasteiger partial charge in [-0.05, 0) is 24.3 Å². The molecule has 0 spiro atoms. The second kappa shape index (κ2) is 7.95. The van der Waals surface area contributed by atoms with Gasteiger partial charge in [0.25, 0.3) is 0 Å². The van der Waals surface area contributed by atoms with E-state index in [9.17, 15) is 0 Å². The van der Waals surface area contributed by atoms with Gasteiger partial charge in [-0.15, -0.1) is 0 Å². The largest absolute Gasteiger partial charge is 0.0989 e. The van der Waals surface area contributed by atoms with Crippen LogP contribution in [0.3, 0.4) is 0 Å². The van der Waals surface area contributed by atoms with Gasteiger partial charge < -0.3 is 0 Å². The summed E-state index contributed by atoms with van der Waals surface area (Å²) in [6, 6.07) is 11.0. The lowest BCUT2D eigenvalue weighted by atomic mass is 9.93.